The zero-order valence-electron chi connectivity index (χ0n) is 9.99. The van der Waals surface area contributed by atoms with Crippen LogP contribution in [-0.4, -0.2) is 27.0 Å². The predicted octanol–water partition coefficient (Wildman–Crippen LogP) is 3.47. The number of aromatic hydroxyl groups is 1. The number of aromatic nitrogens is 1. The summed E-state index contributed by atoms with van der Waals surface area (Å²) in [4.78, 5) is 15.2. The predicted molar refractivity (Wildman–Crippen MR) is 81.1 cm³/mol. The zero-order chi connectivity index (χ0) is 14.7. The Labute approximate surface area is 128 Å². The van der Waals surface area contributed by atoms with E-state index in [2.05, 4.69) is 4.99 Å². The molecule has 0 bridgehead atoms. The molecule has 2 rings (SSSR count). The normalized spacial score (nSPS) is 11.1. The van der Waals surface area contributed by atoms with Gasteiger partial charge in [-0.15, -0.1) is 0 Å². The number of carboxylic acids is 1. The second-order valence-corrected chi connectivity index (χ2v) is 5.89. The van der Waals surface area contributed by atoms with Crippen molar-refractivity contribution in [3.05, 3.63) is 38.1 Å². The quantitative estimate of drug-likeness (QED) is 0.665. The van der Waals surface area contributed by atoms with Gasteiger partial charge in [-0.05, 0) is 30.4 Å². The smallest absolute Gasteiger partial charge is 0.323 e. The van der Waals surface area contributed by atoms with Crippen molar-refractivity contribution < 1.29 is 15.0 Å². The summed E-state index contributed by atoms with van der Waals surface area (Å²) < 4.78 is 1.42. The van der Waals surface area contributed by atoms with Gasteiger partial charge in [-0.3, -0.25) is 14.4 Å². The number of hydrogen-bond acceptors (Lipinski definition) is 5. The molecular weight excluding hydrogens is 320 g/mol. The molecule has 0 saturated carbocycles. The lowest BCUT2D eigenvalue weighted by Gasteiger charge is -1.99. The summed E-state index contributed by atoms with van der Waals surface area (Å²) in [7, 11) is 0. The molecule has 1 aromatic heterocycles. The maximum Gasteiger partial charge on any atom is 0.323 e. The van der Waals surface area contributed by atoms with Gasteiger partial charge in [0.05, 0.1) is 11.9 Å². The first-order chi connectivity index (χ1) is 9.47. The number of carbonyl (C=O) groups is 1. The van der Waals surface area contributed by atoms with Crippen molar-refractivity contribution in [1.82, 2.24) is 4.57 Å². The van der Waals surface area contributed by atoms with Gasteiger partial charge in [0.1, 0.15) is 11.4 Å². The second-order valence-electron chi connectivity index (χ2n) is 3.77. The third-order valence-electron chi connectivity index (χ3n) is 2.33. The first kappa shape index (κ1) is 14.7. The molecule has 0 spiro atoms. The Morgan fingerprint density at radius 2 is 2.30 bits per heavy atom. The van der Waals surface area contributed by atoms with Crippen molar-refractivity contribution in [2.24, 2.45) is 4.99 Å². The molecule has 0 aliphatic heterocycles. The Hall–Kier alpha value is -1.70. The molecule has 5 nitrogen and oxygen atoms in total. The summed E-state index contributed by atoms with van der Waals surface area (Å²) >= 11 is 11.9. The maximum absolute atomic E-state index is 10.7. The molecule has 2 N–H and O–H groups in total. The lowest BCUT2D eigenvalue weighted by atomic mass is 10.3. The maximum atomic E-state index is 10.7. The molecule has 104 valence electrons. The van der Waals surface area contributed by atoms with Crippen molar-refractivity contribution in [3.8, 4) is 5.88 Å². The van der Waals surface area contributed by atoms with Crippen LogP contribution in [0.3, 0.4) is 0 Å². The molecule has 1 heterocycles. The summed E-state index contributed by atoms with van der Waals surface area (Å²) in [6.45, 7) is -0.383. The van der Waals surface area contributed by atoms with E-state index < -0.39 is 5.97 Å². The van der Waals surface area contributed by atoms with E-state index in [1.165, 1.54) is 6.21 Å². The number of thiazole rings is 1. The average molecular weight is 329 g/mol. The van der Waals surface area contributed by atoms with Gasteiger partial charge in [-0.2, -0.15) is 0 Å². The third kappa shape index (κ3) is 3.44. The summed E-state index contributed by atoms with van der Waals surface area (Å²) in [5, 5.41) is 19.2. The van der Waals surface area contributed by atoms with E-state index >= 15 is 0 Å². The molecule has 8 heteroatoms. The lowest BCUT2D eigenvalue weighted by Crippen LogP contribution is -2.08. The molecule has 0 fully saturated rings. The average Bonchev–Trinajstić information content (AvgIpc) is 2.64. The number of carboxylic acid groups (broad SMARTS) is 1. The van der Waals surface area contributed by atoms with E-state index in [9.17, 15) is 9.90 Å². The highest BCUT2D eigenvalue weighted by Gasteiger charge is 2.12. The van der Waals surface area contributed by atoms with Gasteiger partial charge in [0.15, 0.2) is 3.95 Å². The van der Waals surface area contributed by atoms with Crippen LogP contribution in [0.25, 0.3) is 0 Å². The standard InChI is InChI=1S/C12H9ClN2O3S2/c13-7-2-1-3-8(4-7)14-5-9-11(18)15(6-10(16)17)12(19)20-9/h1-5,18H,6H2,(H,16,17). The number of hydrogen-bond donors (Lipinski definition) is 2. The van der Waals surface area contributed by atoms with Crippen LogP contribution in [0, 0.1) is 3.95 Å². The monoisotopic (exact) mass is 328 g/mol. The minimum Gasteiger partial charge on any atom is -0.493 e. The molecule has 20 heavy (non-hydrogen) atoms. The number of aliphatic imine (C=N–C) groups is 1. The van der Waals surface area contributed by atoms with Crippen LogP contribution in [0.2, 0.25) is 5.02 Å². The Morgan fingerprint density at radius 1 is 1.55 bits per heavy atom. The van der Waals surface area contributed by atoms with Gasteiger partial charge in [-0.25, -0.2) is 0 Å². The zero-order valence-corrected chi connectivity index (χ0v) is 12.4. The fourth-order valence-corrected chi connectivity index (χ4v) is 2.82. The Bertz CT molecular complexity index is 737. The van der Waals surface area contributed by atoms with Gasteiger partial charge in [0.2, 0.25) is 5.88 Å². The van der Waals surface area contributed by atoms with Crippen LogP contribution in [-0.2, 0) is 11.3 Å². The highest BCUT2D eigenvalue weighted by atomic mass is 35.5. The molecule has 0 aliphatic carbocycles. The van der Waals surface area contributed by atoms with Gasteiger partial charge < -0.3 is 10.2 Å². The van der Waals surface area contributed by atoms with Gasteiger partial charge >= 0.3 is 5.97 Å². The topological polar surface area (TPSA) is 74.8 Å². The summed E-state index contributed by atoms with van der Waals surface area (Å²) in [5.74, 6) is -1.28. The van der Waals surface area contributed by atoms with Crippen molar-refractivity contribution in [1.29, 1.82) is 0 Å². The van der Waals surface area contributed by atoms with Crippen LogP contribution in [0.15, 0.2) is 29.3 Å². The van der Waals surface area contributed by atoms with Crippen LogP contribution >= 0.6 is 35.2 Å². The van der Waals surface area contributed by atoms with Crippen molar-refractivity contribution in [2.75, 3.05) is 0 Å². The van der Waals surface area contributed by atoms with Gasteiger partial charge in [0, 0.05) is 5.02 Å². The van der Waals surface area contributed by atoms with Crippen LogP contribution in [0.5, 0.6) is 5.88 Å². The molecule has 0 aliphatic rings. The van der Waals surface area contributed by atoms with Crippen LogP contribution in [0.1, 0.15) is 4.88 Å². The summed E-state index contributed by atoms with van der Waals surface area (Å²) in [6.07, 6.45) is 1.43. The molecule has 2 aromatic rings. The number of nitrogens with zero attached hydrogens (tertiary/aromatic N) is 2. The van der Waals surface area contributed by atoms with E-state index in [-0.39, 0.29) is 16.4 Å². The second kappa shape index (κ2) is 6.17. The van der Waals surface area contributed by atoms with Crippen LogP contribution < -0.4 is 0 Å². The van der Waals surface area contributed by atoms with Crippen LogP contribution in [0.4, 0.5) is 5.69 Å². The molecule has 1 aromatic carbocycles. The van der Waals surface area contributed by atoms with Crippen molar-refractivity contribution in [2.45, 2.75) is 6.54 Å². The molecule has 0 atom stereocenters. The Morgan fingerprint density at radius 3 is 2.95 bits per heavy atom. The molecule has 0 unspecified atom stereocenters. The highest BCUT2D eigenvalue weighted by Crippen LogP contribution is 2.25. The SMILES string of the molecule is O=C(O)Cn1c(O)c(C=Nc2cccc(Cl)c2)sc1=S. The minimum atomic E-state index is -1.08. The van der Waals surface area contributed by atoms with Gasteiger partial charge in [0.25, 0.3) is 0 Å². The first-order valence-electron chi connectivity index (χ1n) is 5.41. The number of benzene rings is 1. The Kier molecular flexibility index (Phi) is 4.53. The summed E-state index contributed by atoms with van der Waals surface area (Å²) in [6, 6.07) is 6.91. The molecule has 0 radical (unpaired) electrons. The number of halogens is 1. The molecular formula is C12H9ClN2O3S2. The number of aliphatic carboxylic acids is 1. The largest absolute Gasteiger partial charge is 0.493 e. The minimum absolute atomic E-state index is 0.201. The van der Waals surface area contributed by atoms with Crippen molar-refractivity contribution >= 4 is 53.0 Å². The molecule has 0 amide bonds. The fourth-order valence-electron chi connectivity index (χ4n) is 1.46. The molecule has 0 saturated heterocycles. The van der Waals surface area contributed by atoms with E-state index in [4.69, 9.17) is 28.9 Å². The third-order valence-corrected chi connectivity index (χ3v) is 3.93. The lowest BCUT2D eigenvalue weighted by molar-refractivity contribution is -0.137. The van der Waals surface area contributed by atoms with E-state index in [1.54, 1.807) is 24.3 Å². The Balaban J connectivity index is 2.30. The number of rotatable bonds is 4. The van der Waals surface area contributed by atoms with Crippen molar-refractivity contribution in [3.63, 3.8) is 0 Å². The summed E-state index contributed by atoms with van der Waals surface area (Å²) in [5.41, 5.74) is 0.626. The van der Waals surface area contributed by atoms with E-state index in [1.807, 2.05) is 0 Å². The van der Waals surface area contributed by atoms with E-state index in [0.717, 1.165) is 15.9 Å². The van der Waals surface area contributed by atoms with Gasteiger partial charge in [-0.1, -0.05) is 29.0 Å². The highest BCUT2D eigenvalue weighted by molar-refractivity contribution is 7.73. The van der Waals surface area contributed by atoms with E-state index in [0.29, 0.717) is 15.6 Å². The first-order valence-corrected chi connectivity index (χ1v) is 7.01. The fraction of sp³-hybridized carbons (Fsp3) is 0.0833.